The minimum Gasteiger partial charge on any atom is -0.485 e. The van der Waals surface area contributed by atoms with Gasteiger partial charge in [-0.25, -0.2) is 0 Å². The number of ether oxygens (including phenoxy) is 1. The summed E-state index contributed by atoms with van der Waals surface area (Å²) in [7, 11) is 0. The summed E-state index contributed by atoms with van der Waals surface area (Å²) in [6.07, 6.45) is 5.33. The van der Waals surface area contributed by atoms with E-state index in [-0.39, 0.29) is 12.2 Å². The van der Waals surface area contributed by atoms with Gasteiger partial charge >= 0.3 is 0 Å². The lowest BCUT2D eigenvalue weighted by Gasteiger charge is -2.33. The number of fused-ring (bicyclic) bond motifs is 1. The van der Waals surface area contributed by atoms with Crippen LogP contribution in [0.15, 0.2) is 36.5 Å². The average molecular weight is 271 g/mol. The number of aliphatic hydroxyl groups is 1. The monoisotopic (exact) mass is 271 g/mol. The fourth-order valence-electron chi connectivity index (χ4n) is 3.03. The fraction of sp³-hybridized carbons (Fsp3) is 0.471. The quantitative estimate of drug-likeness (QED) is 0.928. The van der Waals surface area contributed by atoms with E-state index in [4.69, 9.17) is 4.74 Å². The molecule has 3 atom stereocenters. The van der Waals surface area contributed by atoms with E-state index in [0.29, 0.717) is 5.92 Å². The number of para-hydroxylation sites is 1. The standard InChI is InChI=1S/C17H21NO2/c1-2-12-8-9-14(19)16(11-12)20-15-7-3-5-13-6-4-10-18-17(13)15/h3-7,10,12,14,16,19H,2,8-9,11H2,1H3. The van der Waals surface area contributed by atoms with E-state index in [1.165, 1.54) is 0 Å². The van der Waals surface area contributed by atoms with Crippen molar-refractivity contribution in [3.05, 3.63) is 36.5 Å². The van der Waals surface area contributed by atoms with Crippen LogP contribution in [0.3, 0.4) is 0 Å². The Morgan fingerprint density at radius 3 is 2.95 bits per heavy atom. The van der Waals surface area contributed by atoms with Crippen molar-refractivity contribution in [2.24, 2.45) is 5.92 Å². The number of aliphatic hydroxyl groups excluding tert-OH is 1. The van der Waals surface area contributed by atoms with Gasteiger partial charge in [-0.3, -0.25) is 4.98 Å². The Labute approximate surface area is 119 Å². The molecule has 0 saturated heterocycles. The Kier molecular flexibility index (Phi) is 3.88. The molecule has 1 aromatic heterocycles. The molecule has 0 bridgehead atoms. The molecule has 1 aromatic carbocycles. The Morgan fingerprint density at radius 2 is 2.10 bits per heavy atom. The van der Waals surface area contributed by atoms with E-state index in [1.807, 2.05) is 30.3 Å². The molecule has 20 heavy (non-hydrogen) atoms. The van der Waals surface area contributed by atoms with Gasteiger partial charge in [0.05, 0.1) is 6.10 Å². The second-order valence-corrected chi connectivity index (χ2v) is 5.64. The van der Waals surface area contributed by atoms with Gasteiger partial charge in [0.15, 0.2) is 0 Å². The van der Waals surface area contributed by atoms with Gasteiger partial charge in [-0.1, -0.05) is 31.5 Å². The minimum atomic E-state index is -0.364. The van der Waals surface area contributed by atoms with Crippen LogP contribution >= 0.6 is 0 Å². The van der Waals surface area contributed by atoms with E-state index < -0.39 is 0 Å². The van der Waals surface area contributed by atoms with Gasteiger partial charge in [-0.15, -0.1) is 0 Å². The van der Waals surface area contributed by atoms with Crippen LogP contribution in [0.2, 0.25) is 0 Å². The molecule has 0 spiro atoms. The zero-order chi connectivity index (χ0) is 13.9. The first kappa shape index (κ1) is 13.4. The molecule has 1 fully saturated rings. The second-order valence-electron chi connectivity index (χ2n) is 5.64. The molecule has 1 aliphatic carbocycles. The number of nitrogens with zero attached hydrogens (tertiary/aromatic N) is 1. The molecular formula is C17H21NO2. The highest BCUT2D eigenvalue weighted by Crippen LogP contribution is 2.32. The third-order valence-corrected chi connectivity index (χ3v) is 4.32. The molecule has 0 amide bonds. The Bertz CT molecular complexity index is 579. The van der Waals surface area contributed by atoms with Gasteiger partial charge in [0.2, 0.25) is 0 Å². The minimum absolute atomic E-state index is 0.110. The lowest BCUT2D eigenvalue weighted by atomic mass is 9.84. The lowest BCUT2D eigenvalue weighted by Crippen LogP contribution is -2.38. The Hall–Kier alpha value is -1.61. The number of hydrogen-bond donors (Lipinski definition) is 1. The van der Waals surface area contributed by atoms with Crippen LogP contribution in [0.1, 0.15) is 32.6 Å². The highest BCUT2D eigenvalue weighted by molar-refractivity contribution is 5.84. The molecule has 0 aliphatic heterocycles. The maximum atomic E-state index is 10.2. The third kappa shape index (κ3) is 2.63. The molecule has 1 N–H and O–H groups in total. The van der Waals surface area contributed by atoms with Crippen molar-refractivity contribution in [3.63, 3.8) is 0 Å². The van der Waals surface area contributed by atoms with E-state index in [9.17, 15) is 5.11 Å². The number of hydrogen-bond acceptors (Lipinski definition) is 3. The summed E-state index contributed by atoms with van der Waals surface area (Å²) in [4.78, 5) is 4.40. The molecule has 3 heteroatoms. The summed E-state index contributed by atoms with van der Waals surface area (Å²) in [5.74, 6) is 1.44. The van der Waals surface area contributed by atoms with Crippen LogP contribution in [0, 0.1) is 5.92 Å². The molecule has 106 valence electrons. The molecule has 3 unspecified atom stereocenters. The van der Waals surface area contributed by atoms with Crippen molar-refractivity contribution in [1.29, 1.82) is 0 Å². The van der Waals surface area contributed by atoms with Gasteiger partial charge in [0, 0.05) is 11.6 Å². The fourth-order valence-corrected chi connectivity index (χ4v) is 3.03. The van der Waals surface area contributed by atoms with Gasteiger partial charge in [0.25, 0.3) is 0 Å². The SMILES string of the molecule is CCC1CCC(O)C(Oc2cccc3cccnc23)C1. The van der Waals surface area contributed by atoms with Gasteiger partial charge in [0.1, 0.15) is 17.4 Å². The predicted molar refractivity (Wildman–Crippen MR) is 79.8 cm³/mol. The zero-order valence-corrected chi connectivity index (χ0v) is 11.8. The second kappa shape index (κ2) is 5.80. The number of benzene rings is 1. The Morgan fingerprint density at radius 1 is 1.25 bits per heavy atom. The highest BCUT2D eigenvalue weighted by Gasteiger charge is 2.30. The predicted octanol–water partition coefficient (Wildman–Crippen LogP) is 3.55. The van der Waals surface area contributed by atoms with Crippen molar-refractivity contribution in [3.8, 4) is 5.75 Å². The van der Waals surface area contributed by atoms with Crippen LogP contribution < -0.4 is 4.74 Å². The summed E-state index contributed by atoms with van der Waals surface area (Å²) in [5, 5.41) is 11.2. The van der Waals surface area contributed by atoms with E-state index in [1.54, 1.807) is 6.20 Å². The summed E-state index contributed by atoms with van der Waals surface area (Å²) in [5.41, 5.74) is 0.876. The van der Waals surface area contributed by atoms with Crippen LogP contribution in [-0.2, 0) is 0 Å². The number of rotatable bonds is 3. The first-order valence-electron chi connectivity index (χ1n) is 7.46. The highest BCUT2D eigenvalue weighted by atomic mass is 16.5. The Balaban J connectivity index is 1.85. The van der Waals surface area contributed by atoms with E-state index in [0.717, 1.165) is 42.3 Å². The zero-order valence-electron chi connectivity index (χ0n) is 11.8. The maximum absolute atomic E-state index is 10.2. The largest absolute Gasteiger partial charge is 0.485 e. The van der Waals surface area contributed by atoms with Crippen LogP contribution in [-0.4, -0.2) is 22.3 Å². The van der Waals surface area contributed by atoms with Gasteiger partial charge in [-0.2, -0.15) is 0 Å². The van der Waals surface area contributed by atoms with Crippen LogP contribution in [0.5, 0.6) is 5.75 Å². The molecule has 3 rings (SSSR count). The molecule has 0 radical (unpaired) electrons. The smallest absolute Gasteiger partial charge is 0.146 e. The molecule has 3 nitrogen and oxygen atoms in total. The average Bonchev–Trinajstić information content (AvgIpc) is 2.50. The van der Waals surface area contributed by atoms with Crippen LogP contribution in [0.4, 0.5) is 0 Å². The van der Waals surface area contributed by atoms with E-state index >= 15 is 0 Å². The summed E-state index contributed by atoms with van der Waals surface area (Å²) >= 11 is 0. The lowest BCUT2D eigenvalue weighted by molar-refractivity contribution is -0.0102. The topological polar surface area (TPSA) is 42.4 Å². The van der Waals surface area contributed by atoms with Crippen molar-refractivity contribution < 1.29 is 9.84 Å². The summed E-state index contributed by atoms with van der Waals surface area (Å²) in [6.45, 7) is 2.21. The molecule has 2 aromatic rings. The normalized spacial score (nSPS) is 26.6. The molecule has 1 saturated carbocycles. The van der Waals surface area contributed by atoms with Crippen molar-refractivity contribution in [2.45, 2.75) is 44.8 Å². The van der Waals surface area contributed by atoms with Gasteiger partial charge in [-0.05, 0) is 37.3 Å². The first-order chi connectivity index (χ1) is 9.78. The van der Waals surface area contributed by atoms with Gasteiger partial charge < -0.3 is 9.84 Å². The van der Waals surface area contributed by atoms with Crippen molar-refractivity contribution >= 4 is 10.9 Å². The third-order valence-electron chi connectivity index (χ3n) is 4.32. The summed E-state index contributed by atoms with van der Waals surface area (Å²) < 4.78 is 6.10. The maximum Gasteiger partial charge on any atom is 0.146 e. The van der Waals surface area contributed by atoms with Crippen molar-refractivity contribution in [1.82, 2.24) is 4.98 Å². The summed E-state index contributed by atoms with van der Waals surface area (Å²) in [6, 6.07) is 9.90. The van der Waals surface area contributed by atoms with E-state index in [2.05, 4.69) is 11.9 Å². The molecular weight excluding hydrogens is 250 g/mol. The number of aromatic nitrogens is 1. The number of pyridine rings is 1. The molecule has 1 aliphatic rings. The van der Waals surface area contributed by atoms with Crippen molar-refractivity contribution in [2.75, 3.05) is 0 Å². The first-order valence-corrected chi connectivity index (χ1v) is 7.46. The van der Waals surface area contributed by atoms with Crippen LogP contribution in [0.25, 0.3) is 10.9 Å². The molecule has 1 heterocycles.